The van der Waals surface area contributed by atoms with Crippen molar-refractivity contribution in [2.45, 2.75) is 13.5 Å². The summed E-state index contributed by atoms with van der Waals surface area (Å²) < 4.78 is 5.12. The molecular weight excluding hydrogens is 296 g/mol. The predicted molar refractivity (Wildman–Crippen MR) is 92.0 cm³/mol. The van der Waals surface area contributed by atoms with Crippen LogP contribution in [0.2, 0.25) is 0 Å². The topological polar surface area (TPSA) is 58.5 Å². The molecule has 5 nitrogen and oxygen atoms in total. The lowest BCUT2D eigenvalue weighted by Gasteiger charge is -2.08. The highest BCUT2D eigenvalue weighted by atomic mass is 32.1. The number of hydrogen-bond acceptors (Lipinski definition) is 4. The average molecular weight is 314 g/mol. The van der Waals surface area contributed by atoms with E-state index in [9.17, 15) is 0 Å². The zero-order valence-electron chi connectivity index (χ0n) is 12.5. The summed E-state index contributed by atoms with van der Waals surface area (Å²) in [6.07, 6.45) is 3.46. The molecular formula is C16H18N4OS. The van der Waals surface area contributed by atoms with Crippen LogP contribution in [0.5, 0.6) is 5.75 Å². The summed E-state index contributed by atoms with van der Waals surface area (Å²) in [6, 6.07) is 11.6. The molecule has 0 saturated carbocycles. The number of rotatable bonds is 5. The highest BCUT2D eigenvalue weighted by molar-refractivity contribution is 7.80. The fourth-order valence-electron chi connectivity index (χ4n) is 1.76. The third-order valence-electron chi connectivity index (χ3n) is 3.04. The van der Waals surface area contributed by atoms with Crippen LogP contribution in [0.25, 0.3) is 0 Å². The molecule has 1 aromatic carbocycles. The van der Waals surface area contributed by atoms with Gasteiger partial charge in [-0.25, -0.2) is 0 Å². The second-order valence-electron chi connectivity index (χ2n) is 4.58. The van der Waals surface area contributed by atoms with Crippen LogP contribution in [0.1, 0.15) is 18.1 Å². The molecule has 0 aliphatic heterocycles. The first-order valence-corrected chi connectivity index (χ1v) is 7.21. The highest BCUT2D eigenvalue weighted by Crippen LogP contribution is 2.10. The van der Waals surface area contributed by atoms with Crippen molar-refractivity contribution >= 4 is 23.0 Å². The van der Waals surface area contributed by atoms with Crippen molar-refractivity contribution in [3.8, 4) is 5.75 Å². The molecule has 2 aromatic rings. The minimum absolute atomic E-state index is 0.476. The van der Waals surface area contributed by atoms with Crippen molar-refractivity contribution in [2.75, 3.05) is 7.11 Å². The molecule has 22 heavy (non-hydrogen) atoms. The molecule has 2 N–H and O–H groups in total. The summed E-state index contributed by atoms with van der Waals surface area (Å²) in [5.41, 5.74) is 5.79. The van der Waals surface area contributed by atoms with Crippen LogP contribution in [0.15, 0.2) is 53.9 Å². The SMILES string of the molecule is COc1ccc(CNC(=S)N/N=C(/C)c2ccncc2)cc1. The number of hydrazone groups is 1. The molecule has 0 amide bonds. The number of thiocarbonyl (C=S) groups is 1. The Morgan fingerprint density at radius 2 is 1.86 bits per heavy atom. The molecule has 0 aliphatic carbocycles. The molecule has 0 aliphatic rings. The largest absolute Gasteiger partial charge is 0.497 e. The Morgan fingerprint density at radius 1 is 1.18 bits per heavy atom. The fraction of sp³-hybridized carbons (Fsp3) is 0.188. The first-order valence-electron chi connectivity index (χ1n) is 6.80. The zero-order valence-corrected chi connectivity index (χ0v) is 13.4. The van der Waals surface area contributed by atoms with E-state index < -0.39 is 0 Å². The molecule has 0 atom stereocenters. The molecule has 2 rings (SSSR count). The van der Waals surface area contributed by atoms with Crippen LogP contribution < -0.4 is 15.5 Å². The van der Waals surface area contributed by atoms with Gasteiger partial charge in [0, 0.05) is 24.5 Å². The molecule has 0 unspecified atom stereocenters. The summed E-state index contributed by atoms with van der Waals surface area (Å²) in [6.45, 7) is 2.54. The number of methoxy groups -OCH3 is 1. The van der Waals surface area contributed by atoms with Crippen LogP contribution in [0.3, 0.4) is 0 Å². The number of benzene rings is 1. The maximum Gasteiger partial charge on any atom is 0.187 e. The van der Waals surface area contributed by atoms with Gasteiger partial charge in [0.15, 0.2) is 5.11 Å². The van der Waals surface area contributed by atoms with Crippen LogP contribution in [-0.4, -0.2) is 22.9 Å². The number of aromatic nitrogens is 1. The minimum Gasteiger partial charge on any atom is -0.497 e. The van der Waals surface area contributed by atoms with Crippen LogP contribution >= 0.6 is 12.2 Å². The van der Waals surface area contributed by atoms with E-state index in [-0.39, 0.29) is 0 Å². The molecule has 0 radical (unpaired) electrons. The molecule has 1 aromatic heterocycles. The Bertz CT molecular complexity index is 641. The Kier molecular flexibility index (Phi) is 5.85. The van der Waals surface area contributed by atoms with E-state index in [0.717, 1.165) is 22.6 Å². The van der Waals surface area contributed by atoms with E-state index >= 15 is 0 Å². The van der Waals surface area contributed by atoms with Crippen molar-refractivity contribution in [2.24, 2.45) is 5.10 Å². The van der Waals surface area contributed by atoms with Gasteiger partial charge in [-0.15, -0.1) is 0 Å². The minimum atomic E-state index is 0.476. The first-order chi connectivity index (χ1) is 10.7. The predicted octanol–water partition coefficient (Wildman–Crippen LogP) is 2.48. The van der Waals surface area contributed by atoms with Gasteiger partial charge >= 0.3 is 0 Å². The Balaban J connectivity index is 1.82. The molecule has 1 heterocycles. The quantitative estimate of drug-likeness (QED) is 0.504. The van der Waals surface area contributed by atoms with E-state index in [2.05, 4.69) is 20.8 Å². The monoisotopic (exact) mass is 314 g/mol. The van der Waals surface area contributed by atoms with E-state index in [1.807, 2.05) is 43.3 Å². The van der Waals surface area contributed by atoms with E-state index in [4.69, 9.17) is 17.0 Å². The number of nitrogens with zero attached hydrogens (tertiary/aromatic N) is 2. The standard InChI is InChI=1S/C16H18N4OS/c1-12(14-7-9-17-10-8-14)19-20-16(22)18-11-13-3-5-15(21-2)6-4-13/h3-10H,11H2,1-2H3,(H2,18,20,22)/b19-12-. The second kappa shape index (κ2) is 8.09. The van der Waals surface area contributed by atoms with Gasteiger partial charge in [0.1, 0.15) is 5.75 Å². The van der Waals surface area contributed by atoms with Crippen molar-refractivity contribution in [3.05, 3.63) is 59.9 Å². The lowest BCUT2D eigenvalue weighted by atomic mass is 10.2. The van der Waals surface area contributed by atoms with Gasteiger partial charge < -0.3 is 10.1 Å². The first kappa shape index (κ1) is 15.9. The van der Waals surface area contributed by atoms with Crippen molar-refractivity contribution < 1.29 is 4.74 Å². The van der Waals surface area contributed by atoms with E-state index in [0.29, 0.717) is 11.7 Å². The average Bonchev–Trinajstić information content (AvgIpc) is 2.59. The van der Waals surface area contributed by atoms with Crippen LogP contribution in [0, 0.1) is 0 Å². The summed E-state index contributed by atoms with van der Waals surface area (Å²) in [4.78, 5) is 3.98. The lowest BCUT2D eigenvalue weighted by Crippen LogP contribution is -2.32. The molecule has 6 heteroatoms. The van der Waals surface area contributed by atoms with Crippen molar-refractivity contribution in [1.29, 1.82) is 0 Å². The molecule has 0 saturated heterocycles. The van der Waals surface area contributed by atoms with E-state index in [1.165, 1.54) is 0 Å². The third-order valence-corrected chi connectivity index (χ3v) is 3.27. The third kappa shape index (κ3) is 4.82. The van der Waals surface area contributed by atoms with E-state index in [1.54, 1.807) is 19.5 Å². The summed E-state index contributed by atoms with van der Waals surface area (Å²) >= 11 is 5.20. The normalized spacial score (nSPS) is 10.9. The van der Waals surface area contributed by atoms with Crippen molar-refractivity contribution in [1.82, 2.24) is 15.7 Å². The zero-order chi connectivity index (χ0) is 15.8. The van der Waals surface area contributed by atoms with Crippen LogP contribution in [0.4, 0.5) is 0 Å². The number of pyridine rings is 1. The van der Waals surface area contributed by atoms with Gasteiger partial charge in [-0.3, -0.25) is 10.4 Å². The molecule has 114 valence electrons. The summed E-state index contributed by atoms with van der Waals surface area (Å²) in [5, 5.41) is 7.83. The molecule has 0 bridgehead atoms. The lowest BCUT2D eigenvalue weighted by molar-refractivity contribution is 0.414. The van der Waals surface area contributed by atoms with Gasteiger partial charge in [-0.1, -0.05) is 12.1 Å². The maximum atomic E-state index is 5.20. The van der Waals surface area contributed by atoms with Gasteiger partial charge in [-0.05, 0) is 49.0 Å². The molecule has 0 fully saturated rings. The highest BCUT2D eigenvalue weighted by Gasteiger charge is 1.99. The smallest absolute Gasteiger partial charge is 0.187 e. The number of hydrogen-bond donors (Lipinski definition) is 2. The van der Waals surface area contributed by atoms with Gasteiger partial charge in [0.25, 0.3) is 0 Å². The van der Waals surface area contributed by atoms with Crippen molar-refractivity contribution in [3.63, 3.8) is 0 Å². The molecule has 0 spiro atoms. The number of ether oxygens (including phenoxy) is 1. The fourth-order valence-corrected chi connectivity index (χ4v) is 1.88. The van der Waals surface area contributed by atoms with Gasteiger partial charge in [0.2, 0.25) is 0 Å². The maximum absolute atomic E-state index is 5.20. The Hall–Kier alpha value is -2.47. The Morgan fingerprint density at radius 3 is 2.50 bits per heavy atom. The second-order valence-corrected chi connectivity index (χ2v) is 4.98. The summed E-state index contributed by atoms with van der Waals surface area (Å²) in [7, 11) is 1.65. The summed E-state index contributed by atoms with van der Waals surface area (Å²) in [5.74, 6) is 0.835. The number of nitrogens with one attached hydrogen (secondary N) is 2. The van der Waals surface area contributed by atoms with Gasteiger partial charge in [-0.2, -0.15) is 5.10 Å². The van der Waals surface area contributed by atoms with Gasteiger partial charge in [0.05, 0.1) is 12.8 Å². The Labute approximate surface area is 135 Å². The van der Waals surface area contributed by atoms with Crippen LogP contribution in [-0.2, 0) is 6.54 Å².